The molecule has 0 aromatic rings. The summed E-state index contributed by atoms with van der Waals surface area (Å²) in [7, 11) is 0. The Balaban J connectivity index is 0.00000576. The molecule has 0 aliphatic carbocycles. The van der Waals surface area contributed by atoms with E-state index < -0.39 is 17.9 Å². The van der Waals surface area contributed by atoms with Gasteiger partial charge >= 0.3 is 32.7 Å². The molecule has 0 unspecified atom stereocenters. The van der Waals surface area contributed by atoms with Crippen LogP contribution in [0.2, 0.25) is 0 Å². The van der Waals surface area contributed by atoms with Crippen molar-refractivity contribution in [2.45, 2.75) is 0 Å². The largest absolute Gasteiger partial charge is 3.00 e. The summed E-state index contributed by atoms with van der Waals surface area (Å²) in [4.78, 5) is 37.4. The number of carbonyl (C=O) groups excluding carboxylic acids is 3. The first-order valence-electron chi connectivity index (χ1n) is 7.84. The molecular formula is C14H23N4O6Y. The fraction of sp³-hybridized carbons (Fsp3) is 0.786. The van der Waals surface area contributed by atoms with Crippen molar-refractivity contribution in [3.8, 4) is 0 Å². The summed E-state index contributed by atoms with van der Waals surface area (Å²) in [5.41, 5.74) is 0. The van der Waals surface area contributed by atoms with Crippen molar-refractivity contribution >= 4 is 17.9 Å². The summed E-state index contributed by atoms with van der Waals surface area (Å²) in [6.45, 7) is 2.65. The van der Waals surface area contributed by atoms with Crippen molar-refractivity contribution in [2.24, 2.45) is 0 Å². The summed E-state index contributed by atoms with van der Waals surface area (Å²) < 4.78 is 0. The Morgan fingerprint density at radius 2 is 0.920 bits per heavy atom. The van der Waals surface area contributed by atoms with E-state index in [0.717, 1.165) is 0 Å². The fourth-order valence-corrected chi connectivity index (χ4v) is 2.52. The molecule has 1 fully saturated rings. The summed E-state index contributed by atoms with van der Waals surface area (Å²) in [6.07, 6.45) is 0. The van der Waals surface area contributed by atoms with Gasteiger partial charge in [0.15, 0.2) is 0 Å². The number of nitrogens with zero attached hydrogens (tertiary/aromatic N) is 3. The molecule has 11 heteroatoms. The van der Waals surface area contributed by atoms with Crippen LogP contribution < -0.4 is 20.6 Å². The Labute approximate surface area is 172 Å². The van der Waals surface area contributed by atoms with Crippen molar-refractivity contribution < 1.29 is 62.4 Å². The molecule has 1 saturated heterocycles. The van der Waals surface area contributed by atoms with Crippen molar-refractivity contribution in [1.29, 1.82) is 0 Å². The first-order chi connectivity index (χ1) is 11.4. The molecule has 1 aliphatic heterocycles. The predicted octanol–water partition coefficient (Wildman–Crippen LogP) is -6.26. The van der Waals surface area contributed by atoms with E-state index in [1.165, 1.54) is 0 Å². The monoisotopic (exact) mass is 432 g/mol. The Morgan fingerprint density at radius 3 is 1.20 bits per heavy atom. The molecule has 0 spiro atoms. The molecule has 1 aliphatic rings. The number of carboxylic acids is 3. The van der Waals surface area contributed by atoms with Gasteiger partial charge in [-0.1, -0.05) is 0 Å². The van der Waals surface area contributed by atoms with E-state index in [9.17, 15) is 29.7 Å². The van der Waals surface area contributed by atoms with Gasteiger partial charge in [-0.2, -0.15) is 0 Å². The van der Waals surface area contributed by atoms with Crippen molar-refractivity contribution in [2.75, 3.05) is 72.0 Å². The average molecular weight is 432 g/mol. The van der Waals surface area contributed by atoms with E-state index in [1.54, 1.807) is 14.7 Å². The molecule has 0 atom stereocenters. The van der Waals surface area contributed by atoms with E-state index in [1.807, 2.05) is 0 Å². The quantitative estimate of drug-likeness (QED) is 0.431. The van der Waals surface area contributed by atoms with Gasteiger partial charge in [-0.3, -0.25) is 14.7 Å². The van der Waals surface area contributed by atoms with Gasteiger partial charge in [-0.05, 0) is 0 Å². The second kappa shape index (κ2) is 13.5. The van der Waals surface area contributed by atoms with E-state index in [-0.39, 0.29) is 52.3 Å². The molecule has 1 heterocycles. The topological polar surface area (TPSA) is 142 Å². The maximum atomic E-state index is 10.9. The van der Waals surface area contributed by atoms with Crippen LogP contribution in [0.25, 0.3) is 0 Å². The fourth-order valence-electron chi connectivity index (χ4n) is 2.52. The number of carbonyl (C=O) groups is 3. The molecule has 0 aromatic heterocycles. The molecule has 0 aromatic carbocycles. The molecule has 0 amide bonds. The van der Waals surface area contributed by atoms with E-state index in [0.29, 0.717) is 52.4 Å². The number of hydrogen-bond acceptors (Lipinski definition) is 10. The second-order valence-corrected chi connectivity index (χ2v) is 5.69. The zero-order valence-corrected chi connectivity index (χ0v) is 17.0. The van der Waals surface area contributed by atoms with Crippen LogP contribution in [-0.4, -0.2) is 105 Å². The van der Waals surface area contributed by atoms with Gasteiger partial charge in [-0.15, -0.1) is 0 Å². The third kappa shape index (κ3) is 12.4. The minimum atomic E-state index is -1.23. The van der Waals surface area contributed by atoms with Crippen molar-refractivity contribution in [1.82, 2.24) is 20.0 Å². The third-order valence-electron chi connectivity index (χ3n) is 3.73. The maximum absolute atomic E-state index is 10.9. The minimum absolute atomic E-state index is 0. The minimum Gasteiger partial charge on any atom is -0.549 e. The number of aliphatic carboxylic acids is 3. The van der Waals surface area contributed by atoms with Gasteiger partial charge in [0.25, 0.3) is 0 Å². The van der Waals surface area contributed by atoms with Crippen LogP contribution in [0, 0.1) is 0 Å². The third-order valence-corrected chi connectivity index (χ3v) is 3.73. The molecule has 0 saturated carbocycles. The Bertz CT molecular complexity index is 410. The van der Waals surface area contributed by atoms with Crippen LogP contribution in [-0.2, 0) is 47.1 Å². The summed E-state index contributed by atoms with van der Waals surface area (Å²) >= 11 is 0. The normalized spacial score (nSPS) is 19.2. The van der Waals surface area contributed by atoms with Crippen LogP contribution in [0.5, 0.6) is 0 Å². The van der Waals surface area contributed by atoms with Crippen LogP contribution in [0.1, 0.15) is 0 Å². The molecule has 138 valence electrons. The Hall–Kier alpha value is -0.646. The van der Waals surface area contributed by atoms with E-state index >= 15 is 0 Å². The molecule has 0 radical (unpaired) electrons. The molecular weight excluding hydrogens is 409 g/mol. The van der Waals surface area contributed by atoms with Gasteiger partial charge in [0.2, 0.25) is 0 Å². The molecule has 0 bridgehead atoms. The van der Waals surface area contributed by atoms with Crippen LogP contribution >= 0.6 is 0 Å². The first-order valence-corrected chi connectivity index (χ1v) is 7.84. The van der Waals surface area contributed by atoms with Crippen LogP contribution in [0.3, 0.4) is 0 Å². The number of rotatable bonds is 6. The van der Waals surface area contributed by atoms with Crippen molar-refractivity contribution in [3.05, 3.63) is 0 Å². The van der Waals surface area contributed by atoms with Crippen LogP contribution in [0.4, 0.5) is 0 Å². The van der Waals surface area contributed by atoms with E-state index in [2.05, 4.69) is 5.32 Å². The van der Waals surface area contributed by atoms with Gasteiger partial charge in [-0.25, -0.2) is 0 Å². The smallest absolute Gasteiger partial charge is 0.549 e. The Morgan fingerprint density at radius 1 is 0.640 bits per heavy atom. The molecule has 10 nitrogen and oxygen atoms in total. The predicted molar refractivity (Wildman–Crippen MR) is 77.2 cm³/mol. The zero-order chi connectivity index (χ0) is 17.9. The molecule has 25 heavy (non-hydrogen) atoms. The van der Waals surface area contributed by atoms with E-state index in [4.69, 9.17) is 0 Å². The number of nitrogens with one attached hydrogen (secondary N) is 1. The SMILES string of the molecule is O=C([O-])CN1CCNCCN(CC(=O)[O-])CCN(CC(=O)[O-])CC1.[Y+3]. The van der Waals surface area contributed by atoms with Crippen molar-refractivity contribution in [3.63, 3.8) is 0 Å². The van der Waals surface area contributed by atoms with Crippen LogP contribution in [0.15, 0.2) is 0 Å². The zero-order valence-electron chi connectivity index (χ0n) is 14.1. The summed E-state index contributed by atoms with van der Waals surface area (Å²) in [6, 6.07) is 0. The molecule has 1 rings (SSSR count). The standard InChI is InChI=1S/C14H26N4O6.Y/c19-12(20)9-16-3-1-15-2-4-17(10-13(21)22)6-8-18(7-5-16)11-14(23)24;/h15H,1-11H2,(H,19,20)(H,21,22)(H,23,24);/q;+3/p-3. The first kappa shape index (κ1) is 24.4. The second-order valence-electron chi connectivity index (χ2n) is 5.69. The van der Waals surface area contributed by atoms with Gasteiger partial charge < -0.3 is 35.0 Å². The number of carboxylic acid groups (broad SMARTS) is 3. The van der Waals surface area contributed by atoms with Gasteiger partial charge in [0, 0.05) is 72.0 Å². The molecule has 1 N–H and O–H groups in total. The summed E-state index contributed by atoms with van der Waals surface area (Å²) in [5, 5.41) is 35.6. The number of hydrogen-bond donors (Lipinski definition) is 1. The average Bonchev–Trinajstić information content (AvgIpc) is 2.45. The summed E-state index contributed by atoms with van der Waals surface area (Å²) in [5.74, 6) is -3.61. The van der Waals surface area contributed by atoms with Gasteiger partial charge in [0.1, 0.15) is 0 Å². The maximum Gasteiger partial charge on any atom is 3.00 e. The van der Waals surface area contributed by atoms with Gasteiger partial charge in [0.05, 0.1) is 17.9 Å². The Kier molecular flexibility index (Phi) is 13.2.